The quantitative estimate of drug-likeness (QED) is 0.737. The van der Waals surface area contributed by atoms with E-state index in [-0.39, 0.29) is 4.90 Å². The molecule has 3 rings (SSSR count). The van der Waals surface area contributed by atoms with Crippen molar-refractivity contribution in [3.8, 4) is 5.75 Å². The molecule has 0 unspecified atom stereocenters. The third kappa shape index (κ3) is 3.55. The first-order chi connectivity index (χ1) is 11.9. The van der Waals surface area contributed by atoms with Gasteiger partial charge >= 0.3 is 0 Å². The fourth-order valence-corrected chi connectivity index (χ4v) is 4.16. The maximum absolute atomic E-state index is 12.5. The third-order valence-electron chi connectivity index (χ3n) is 4.34. The van der Waals surface area contributed by atoms with Crippen LogP contribution in [-0.2, 0) is 23.5 Å². The minimum absolute atomic E-state index is 0.253. The molecule has 0 fully saturated rings. The SMILES string of the molecule is COc1ccc(S(=O)(=O)NCCc2cn(C)c3ccccc23)cc1C. The Hall–Kier alpha value is -2.31. The van der Waals surface area contributed by atoms with Gasteiger partial charge < -0.3 is 9.30 Å². The zero-order valence-corrected chi connectivity index (χ0v) is 15.4. The number of aryl methyl sites for hydroxylation is 2. The van der Waals surface area contributed by atoms with E-state index in [4.69, 9.17) is 4.74 Å². The Morgan fingerprint density at radius 1 is 1.16 bits per heavy atom. The molecule has 0 amide bonds. The summed E-state index contributed by atoms with van der Waals surface area (Å²) in [6, 6.07) is 13.0. The van der Waals surface area contributed by atoms with E-state index in [0.29, 0.717) is 18.7 Å². The topological polar surface area (TPSA) is 60.3 Å². The second-order valence-electron chi connectivity index (χ2n) is 6.06. The van der Waals surface area contributed by atoms with E-state index < -0.39 is 10.0 Å². The standard InChI is InChI=1S/C19H22N2O3S/c1-14-12-16(8-9-19(14)24-3)25(22,23)20-11-10-15-13-21(2)18-7-5-4-6-17(15)18/h4-9,12-13,20H,10-11H2,1-3H3. The molecule has 25 heavy (non-hydrogen) atoms. The Morgan fingerprint density at radius 3 is 2.64 bits per heavy atom. The summed E-state index contributed by atoms with van der Waals surface area (Å²) >= 11 is 0. The fourth-order valence-electron chi connectivity index (χ4n) is 3.05. The van der Waals surface area contributed by atoms with Crippen molar-refractivity contribution in [1.29, 1.82) is 0 Å². The summed E-state index contributed by atoms with van der Waals surface area (Å²) in [6.07, 6.45) is 2.69. The lowest BCUT2D eigenvalue weighted by molar-refractivity contribution is 0.411. The molecule has 0 aliphatic heterocycles. The molecule has 6 heteroatoms. The number of para-hydroxylation sites is 1. The van der Waals surface area contributed by atoms with Crippen LogP contribution < -0.4 is 9.46 Å². The van der Waals surface area contributed by atoms with Crippen molar-refractivity contribution >= 4 is 20.9 Å². The van der Waals surface area contributed by atoms with E-state index in [9.17, 15) is 8.42 Å². The Bertz CT molecular complexity index is 1010. The highest BCUT2D eigenvalue weighted by atomic mass is 32.2. The summed E-state index contributed by atoms with van der Waals surface area (Å²) in [7, 11) is 0.0278. The van der Waals surface area contributed by atoms with Gasteiger partial charge in [-0.05, 0) is 48.7 Å². The first kappa shape index (κ1) is 17.5. The number of fused-ring (bicyclic) bond motifs is 1. The monoisotopic (exact) mass is 358 g/mol. The van der Waals surface area contributed by atoms with Gasteiger partial charge in [0.05, 0.1) is 12.0 Å². The molecule has 0 atom stereocenters. The van der Waals surface area contributed by atoms with Crippen LogP contribution in [0.4, 0.5) is 0 Å². The van der Waals surface area contributed by atoms with Gasteiger partial charge in [0, 0.05) is 30.7 Å². The summed E-state index contributed by atoms with van der Waals surface area (Å²) in [5.74, 6) is 0.676. The number of nitrogens with one attached hydrogen (secondary N) is 1. The van der Waals surface area contributed by atoms with Gasteiger partial charge in [0.2, 0.25) is 10.0 Å². The number of nitrogens with zero attached hydrogens (tertiary/aromatic N) is 1. The number of rotatable bonds is 6. The van der Waals surface area contributed by atoms with Crippen molar-refractivity contribution in [3.05, 3.63) is 59.8 Å². The average Bonchev–Trinajstić information content (AvgIpc) is 2.91. The van der Waals surface area contributed by atoms with Crippen molar-refractivity contribution in [2.24, 2.45) is 7.05 Å². The van der Waals surface area contributed by atoms with Crippen LogP contribution in [0.2, 0.25) is 0 Å². The number of methoxy groups -OCH3 is 1. The van der Waals surface area contributed by atoms with Gasteiger partial charge in [-0.3, -0.25) is 0 Å². The minimum atomic E-state index is -3.54. The van der Waals surface area contributed by atoms with E-state index in [1.54, 1.807) is 25.3 Å². The largest absolute Gasteiger partial charge is 0.496 e. The van der Waals surface area contributed by atoms with Gasteiger partial charge in [0.1, 0.15) is 5.75 Å². The van der Waals surface area contributed by atoms with E-state index in [1.165, 1.54) is 0 Å². The molecule has 0 spiro atoms. The first-order valence-corrected chi connectivity index (χ1v) is 9.58. The van der Waals surface area contributed by atoms with E-state index in [0.717, 1.165) is 22.0 Å². The number of aromatic nitrogens is 1. The number of hydrogen-bond acceptors (Lipinski definition) is 3. The molecule has 1 N–H and O–H groups in total. The molecule has 1 aromatic heterocycles. The Morgan fingerprint density at radius 2 is 1.92 bits per heavy atom. The summed E-state index contributed by atoms with van der Waals surface area (Å²) in [6.45, 7) is 2.18. The van der Waals surface area contributed by atoms with Gasteiger partial charge in [-0.2, -0.15) is 0 Å². The zero-order valence-electron chi connectivity index (χ0n) is 14.6. The molecule has 0 saturated carbocycles. The lowest BCUT2D eigenvalue weighted by atomic mass is 10.1. The van der Waals surface area contributed by atoms with E-state index >= 15 is 0 Å². The molecule has 0 saturated heterocycles. The lowest BCUT2D eigenvalue weighted by Gasteiger charge is -2.09. The van der Waals surface area contributed by atoms with Crippen molar-refractivity contribution in [2.75, 3.05) is 13.7 Å². The predicted molar refractivity (Wildman–Crippen MR) is 99.5 cm³/mol. The summed E-state index contributed by atoms with van der Waals surface area (Å²) in [5, 5.41) is 1.16. The molecular formula is C19H22N2O3S. The number of hydrogen-bond donors (Lipinski definition) is 1. The van der Waals surface area contributed by atoms with Gasteiger partial charge in [-0.15, -0.1) is 0 Å². The van der Waals surface area contributed by atoms with E-state index in [2.05, 4.69) is 27.6 Å². The van der Waals surface area contributed by atoms with Crippen molar-refractivity contribution < 1.29 is 13.2 Å². The summed E-state index contributed by atoms with van der Waals surface area (Å²) < 4.78 is 34.9. The minimum Gasteiger partial charge on any atom is -0.496 e. The van der Waals surface area contributed by atoms with Gasteiger partial charge in [-0.1, -0.05) is 18.2 Å². The molecule has 0 aliphatic carbocycles. The van der Waals surface area contributed by atoms with Gasteiger partial charge in [-0.25, -0.2) is 13.1 Å². The number of ether oxygens (including phenoxy) is 1. The van der Waals surface area contributed by atoms with E-state index in [1.807, 2.05) is 26.1 Å². The smallest absolute Gasteiger partial charge is 0.240 e. The molecule has 0 bridgehead atoms. The van der Waals surface area contributed by atoms with Crippen LogP contribution in [0.3, 0.4) is 0 Å². The average molecular weight is 358 g/mol. The molecule has 0 radical (unpaired) electrons. The van der Waals surface area contributed by atoms with Crippen LogP contribution in [0.1, 0.15) is 11.1 Å². The molecule has 2 aromatic carbocycles. The highest BCUT2D eigenvalue weighted by Gasteiger charge is 2.15. The molecule has 5 nitrogen and oxygen atoms in total. The van der Waals surface area contributed by atoms with Crippen molar-refractivity contribution in [3.63, 3.8) is 0 Å². The third-order valence-corrected chi connectivity index (χ3v) is 5.80. The van der Waals surface area contributed by atoms with Crippen LogP contribution in [-0.4, -0.2) is 26.6 Å². The van der Waals surface area contributed by atoms with Crippen LogP contribution in [0.5, 0.6) is 5.75 Å². The summed E-state index contributed by atoms with van der Waals surface area (Å²) in [4.78, 5) is 0.253. The van der Waals surface area contributed by atoms with Crippen LogP contribution in [0.15, 0.2) is 53.6 Å². The van der Waals surface area contributed by atoms with Crippen LogP contribution in [0.25, 0.3) is 10.9 Å². The normalized spacial score (nSPS) is 11.8. The van der Waals surface area contributed by atoms with Gasteiger partial charge in [0.15, 0.2) is 0 Å². The Kier molecular flexibility index (Phi) is 4.83. The molecule has 132 valence electrons. The number of sulfonamides is 1. The summed E-state index contributed by atoms with van der Waals surface area (Å²) in [5.41, 5.74) is 3.07. The highest BCUT2D eigenvalue weighted by Crippen LogP contribution is 2.22. The molecule has 1 heterocycles. The highest BCUT2D eigenvalue weighted by molar-refractivity contribution is 7.89. The van der Waals surface area contributed by atoms with Crippen molar-refractivity contribution in [1.82, 2.24) is 9.29 Å². The fraction of sp³-hybridized carbons (Fsp3) is 0.263. The predicted octanol–water partition coefficient (Wildman–Crippen LogP) is 3.02. The first-order valence-electron chi connectivity index (χ1n) is 8.09. The maximum atomic E-state index is 12.5. The second kappa shape index (κ2) is 6.90. The van der Waals surface area contributed by atoms with Gasteiger partial charge in [0.25, 0.3) is 0 Å². The van der Waals surface area contributed by atoms with Crippen LogP contribution in [0, 0.1) is 6.92 Å². The Balaban J connectivity index is 1.73. The van der Waals surface area contributed by atoms with Crippen molar-refractivity contribution in [2.45, 2.75) is 18.2 Å². The zero-order chi connectivity index (χ0) is 18.0. The molecular weight excluding hydrogens is 336 g/mol. The number of benzene rings is 2. The lowest BCUT2D eigenvalue weighted by Crippen LogP contribution is -2.26. The maximum Gasteiger partial charge on any atom is 0.240 e. The molecule has 0 aliphatic rings. The Labute approximate surface area is 148 Å². The second-order valence-corrected chi connectivity index (χ2v) is 7.83. The molecule has 3 aromatic rings. The van der Waals surface area contributed by atoms with Crippen LogP contribution >= 0.6 is 0 Å².